The van der Waals surface area contributed by atoms with Crippen molar-refractivity contribution in [3.63, 3.8) is 0 Å². The molecule has 2 aromatic heterocycles. The quantitative estimate of drug-likeness (QED) is 0.141. The first kappa shape index (κ1) is 51.8. The standard InChI is InChI=1S/C74H62F3N3/c1-40-26-44(5)70(45(6)27-40)52-18-22-64-58(34-52)59-35-53(71-46(7)28-41(2)29-47(71)8)19-23-65(59)79(64)68-38-57(56-16-14-15-17-62(56)74(75,76)77)63(78-13)39-69(68)80-66-24-20-54(72-48(9)30-42(3)31-49(72)10)36-60(66)61-37-55(21-25-67(61)80)73-50(11)32-43(4)33-51(73)12/h14-39H,1-12H3. The summed E-state index contributed by atoms with van der Waals surface area (Å²) < 4.78 is 50.3. The van der Waals surface area contributed by atoms with E-state index in [4.69, 9.17) is 6.57 Å². The van der Waals surface area contributed by atoms with Gasteiger partial charge in [0.1, 0.15) is 0 Å². The summed E-state index contributed by atoms with van der Waals surface area (Å²) in [5, 5.41) is 4.05. The van der Waals surface area contributed by atoms with Crippen LogP contribution in [0.25, 0.3) is 115 Å². The van der Waals surface area contributed by atoms with Crippen LogP contribution in [-0.2, 0) is 6.18 Å². The normalized spacial score (nSPS) is 11.9. The Morgan fingerprint density at radius 2 is 0.625 bits per heavy atom. The third-order valence-electron chi connectivity index (χ3n) is 16.6. The maximum Gasteiger partial charge on any atom is 0.416 e. The van der Waals surface area contributed by atoms with E-state index in [9.17, 15) is 0 Å². The number of aryl methyl sites for hydroxylation is 12. The van der Waals surface area contributed by atoms with Gasteiger partial charge in [-0.05, 0) is 250 Å². The van der Waals surface area contributed by atoms with Crippen molar-refractivity contribution in [2.45, 2.75) is 89.3 Å². The van der Waals surface area contributed by atoms with Gasteiger partial charge in [-0.3, -0.25) is 0 Å². The fraction of sp³-hybridized carbons (Fsp3) is 0.176. The number of benzene rings is 10. The van der Waals surface area contributed by atoms with E-state index in [1.807, 2.05) is 12.1 Å². The molecule has 0 saturated carbocycles. The molecule has 2 heterocycles. The zero-order valence-electron chi connectivity index (χ0n) is 47.5. The van der Waals surface area contributed by atoms with Crippen molar-refractivity contribution in [2.24, 2.45) is 0 Å². The van der Waals surface area contributed by atoms with Gasteiger partial charge in [-0.2, -0.15) is 13.2 Å². The molecule has 0 radical (unpaired) electrons. The summed E-state index contributed by atoms with van der Waals surface area (Å²) >= 11 is 0. The van der Waals surface area contributed by atoms with Crippen molar-refractivity contribution in [1.82, 2.24) is 9.13 Å². The Kier molecular flexibility index (Phi) is 12.4. The van der Waals surface area contributed by atoms with Crippen molar-refractivity contribution >= 4 is 49.3 Å². The minimum absolute atomic E-state index is 0.0519. The van der Waals surface area contributed by atoms with Gasteiger partial charge >= 0.3 is 6.18 Å². The Morgan fingerprint density at radius 3 is 0.912 bits per heavy atom. The number of alkyl halides is 3. The van der Waals surface area contributed by atoms with Crippen LogP contribution in [0.4, 0.5) is 18.9 Å². The molecule has 3 nitrogen and oxygen atoms in total. The van der Waals surface area contributed by atoms with Gasteiger partial charge in [-0.25, -0.2) is 4.85 Å². The highest BCUT2D eigenvalue weighted by Gasteiger charge is 2.35. The largest absolute Gasteiger partial charge is 0.416 e. The van der Waals surface area contributed by atoms with Crippen LogP contribution in [0, 0.1) is 89.7 Å². The maximum absolute atomic E-state index is 15.3. The zero-order valence-corrected chi connectivity index (χ0v) is 47.5. The van der Waals surface area contributed by atoms with Gasteiger partial charge in [-0.15, -0.1) is 0 Å². The first-order valence-corrected chi connectivity index (χ1v) is 27.4. The van der Waals surface area contributed by atoms with E-state index in [-0.39, 0.29) is 16.8 Å². The molecular weight excluding hydrogens is 988 g/mol. The highest BCUT2D eigenvalue weighted by Crippen LogP contribution is 2.48. The molecule has 0 aliphatic carbocycles. The lowest BCUT2D eigenvalue weighted by atomic mass is 9.91. The maximum atomic E-state index is 15.3. The summed E-state index contributed by atoms with van der Waals surface area (Å²) in [6.07, 6.45) is -4.68. The van der Waals surface area contributed by atoms with E-state index in [1.165, 1.54) is 101 Å². The molecule has 0 saturated heterocycles. The number of aromatic nitrogens is 2. The van der Waals surface area contributed by atoms with Crippen molar-refractivity contribution in [3.05, 3.63) is 241 Å². The third kappa shape index (κ3) is 8.50. The summed E-state index contributed by atoms with van der Waals surface area (Å²) in [6, 6.07) is 53.8. The molecule has 0 aliphatic heterocycles. The lowest BCUT2D eigenvalue weighted by Gasteiger charge is -2.21. The number of halogens is 3. The topological polar surface area (TPSA) is 14.2 Å². The van der Waals surface area contributed by atoms with Gasteiger partial charge < -0.3 is 9.13 Å². The highest BCUT2D eigenvalue weighted by molar-refractivity contribution is 6.15. The number of rotatable bonds is 7. The van der Waals surface area contributed by atoms with E-state index in [0.29, 0.717) is 11.4 Å². The van der Waals surface area contributed by atoms with Crippen LogP contribution in [0.3, 0.4) is 0 Å². The van der Waals surface area contributed by atoms with E-state index in [1.54, 1.807) is 6.07 Å². The molecule has 12 aromatic rings. The van der Waals surface area contributed by atoms with Gasteiger partial charge in [0, 0.05) is 21.5 Å². The molecular formula is C74H62F3N3. The Hall–Kier alpha value is -8.92. The van der Waals surface area contributed by atoms with Crippen LogP contribution in [0.1, 0.15) is 72.3 Å². The second-order valence-corrected chi connectivity index (χ2v) is 22.7. The molecule has 394 valence electrons. The Balaban J connectivity index is 1.24. The summed E-state index contributed by atoms with van der Waals surface area (Å²) in [5.74, 6) is 0. The molecule has 0 fully saturated rings. The number of hydrogen-bond acceptors (Lipinski definition) is 0. The first-order chi connectivity index (χ1) is 38.2. The second-order valence-electron chi connectivity index (χ2n) is 22.7. The average Bonchev–Trinajstić information content (AvgIpc) is 2.97. The fourth-order valence-electron chi connectivity index (χ4n) is 13.9. The molecule has 12 rings (SSSR count). The van der Waals surface area contributed by atoms with Crippen molar-refractivity contribution in [3.8, 4) is 67.0 Å². The average molecular weight is 1050 g/mol. The van der Waals surface area contributed by atoms with Crippen LogP contribution in [0.2, 0.25) is 0 Å². The number of fused-ring (bicyclic) bond motifs is 6. The van der Waals surface area contributed by atoms with Crippen molar-refractivity contribution in [1.29, 1.82) is 0 Å². The molecule has 80 heavy (non-hydrogen) atoms. The number of hydrogen-bond donors (Lipinski definition) is 0. The number of nitrogens with zero attached hydrogens (tertiary/aromatic N) is 3. The molecule has 0 unspecified atom stereocenters. The SMILES string of the molecule is [C-]#[N+]c1cc(-n2c3ccc(-c4c(C)cc(C)cc4C)cc3c3cc(-c4c(C)cc(C)cc4C)ccc32)c(-n2c3ccc(-c4c(C)cc(C)cc4C)cc3c3cc(-c4c(C)cc(C)cc4C)ccc32)cc1-c1ccccc1C(F)(F)F. The smallest absolute Gasteiger partial charge is 0.308 e. The van der Waals surface area contributed by atoms with E-state index >= 15 is 13.2 Å². The van der Waals surface area contributed by atoms with Gasteiger partial charge in [0.15, 0.2) is 5.69 Å². The van der Waals surface area contributed by atoms with Crippen LogP contribution < -0.4 is 0 Å². The monoisotopic (exact) mass is 1050 g/mol. The minimum Gasteiger partial charge on any atom is -0.308 e. The van der Waals surface area contributed by atoms with Crippen LogP contribution >= 0.6 is 0 Å². The fourth-order valence-corrected chi connectivity index (χ4v) is 13.9. The molecule has 6 heteroatoms. The molecule has 0 N–H and O–H groups in total. The summed E-state index contributed by atoms with van der Waals surface area (Å²) in [4.78, 5) is 4.10. The second kappa shape index (κ2) is 19.2. The minimum atomic E-state index is -4.68. The summed E-state index contributed by atoms with van der Waals surface area (Å²) in [6.45, 7) is 34.7. The predicted octanol–water partition coefficient (Wildman–Crippen LogP) is 21.5. The lowest BCUT2D eigenvalue weighted by molar-refractivity contribution is -0.137. The van der Waals surface area contributed by atoms with Crippen LogP contribution in [-0.4, -0.2) is 9.13 Å². The zero-order chi connectivity index (χ0) is 56.4. The van der Waals surface area contributed by atoms with Gasteiger partial charge in [0.05, 0.1) is 45.6 Å². The Morgan fingerprint density at radius 1 is 0.338 bits per heavy atom. The molecule has 0 amide bonds. The Labute approximate surface area is 467 Å². The van der Waals surface area contributed by atoms with Crippen LogP contribution in [0.5, 0.6) is 0 Å². The summed E-state index contributed by atoms with van der Waals surface area (Å²) in [7, 11) is 0. The molecule has 0 aliphatic rings. The molecule has 0 bridgehead atoms. The summed E-state index contributed by atoms with van der Waals surface area (Å²) in [5.41, 5.74) is 27.7. The van der Waals surface area contributed by atoms with Gasteiger partial charge in [-0.1, -0.05) is 113 Å². The molecule has 0 spiro atoms. The van der Waals surface area contributed by atoms with Gasteiger partial charge in [0.2, 0.25) is 0 Å². The highest BCUT2D eigenvalue weighted by atomic mass is 19.4. The van der Waals surface area contributed by atoms with E-state index in [0.717, 1.165) is 71.9 Å². The van der Waals surface area contributed by atoms with Gasteiger partial charge in [0.25, 0.3) is 0 Å². The van der Waals surface area contributed by atoms with Crippen molar-refractivity contribution in [2.75, 3.05) is 0 Å². The van der Waals surface area contributed by atoms with E-state index < -0.39 is 11.7 Å². The van der Waals surface area contributed by atoms with Crippen LogP contribution in [0.15, 0.2) is 158 Å². The Bertz CT molecular complexity index is 4340. The first-order valence-electron chi connectivity index (χ1n) is 27.4. The molecule has 0 atom stereocenters. The van der Waals surface area contributed by atoms with E-state index in [2.05, 4.69) is 218 Å². The predicted molar refractivity (Wildman–Crippen MR) is 330 cm³/mol. The lowest BCUT2D eigenvalue weighted by Crippen LogP contribution is -2.08. The third-order valence-corrected chi connectivity index (χ3v) is 16.6. The van der Waals surface area contributed by atoms with Crippen molar-refractivity contribution < 1.29 is 13.2 Å². The molecule has 10 aromatic carbocycles.